The molecular formula is C11H10N2O. The minimum atomic E-state index is 0.271. The highest BCUT2D eigenvalue weighted by molar-refractivity contribution is 5.74. The molecule has 0 saturated heterocycles. The van der Waals surface area contributed by atoms with Gasteiger partial charge in [0.1, 0.15) is 11.6 Å². The standard InChI is InChI=1S/C11H10N2O/c14-10-4-2-9(3-5-10)8-11-12-6-1-7-13-11/h1-8,12,14H. The molecule has 1 aromatic carbocycles. The molecule has 14 heavy (non-hydrogen) atoms. The summed E-state index contributed by atoms with van der Waals surface area (Å²) >= 11 is 0. The second-order valence-corrected chi connectivity index (χ2v) is 2.90. The molecule has 0 aromatic heterocycles. The van der Waals surface area contributed by atoms with Gasteiger partial charge < -0.3 is 10.4 Å². The number of aliphatic imine (C=N–C) groups is 1. The van der Waals surface area contributed by atoms with E-state index >= 15 is 0 Å². The largest absolute Gasteiger partial charge is 0.508 e. The topological polar surface area (TPSA) is 44.6 Å². The Bertz CT molecular complexity index is 402. The fraction of sp³-hybridized carbons (Fsp3) is 0. The number of hydrogen-bond donors (Lipinski definition) is 2. The molecule has 0 spiro atoms. The van der Waals surface area contributed by atoms with Gasteiger partial charge in [-0.2, -0.15) is 0 Å². The molecule has 0 atom stereocenters. The number of nitrogens with one attached hydrogen (secondary N) is 1. The molecule has 0 saturated carbocycles. The first-order valence-corrected chi connectivity index (χ1v) is 4.31. The highest BCUT2D eigenvalue weighted by Gasteiger charge is 1.94. The van der Waals surface area contributed by atoms with Gasteiger partial charge in [-0.3, -0.25) is 0 Å². The fourth-order valence-electron chi connectivity index (χ4n) is 1.14. The van der Waals surface area contributed by atoms with Crippen LogP contribution in [0, 0.1) is 0 Å². The molecule has 70 valence electrons. The third-order valence-corrected chi connectivity index (χ3v) is 1.82. The molecule has 0 radical (unpaired) electrons. The molecule has 0 bridgehead atoms. The van der Waals surface area contributed by atoms with E-state index in [1.54, 1.807) is 18.3 Å². The summed E-state index contributed by atoms with van der Waals surface area (Å²) < 4.78 is 0. The monoisotopic (exact) mass is 186 g/mol. The summed E-state index contributed by atoms with van der Waals surface area (Å²) in [5.74, 6) is 1.06. The van der Waals surface area contributed by atoms with Gasteiger partial charge in [0, 0.05) is 12.4 Å². The third-order valence-electron chi connectivity index (χ3n) is 1.82. The lowest BCUT2D eigenvalue weighted by molar-refractivity contribution is 0.475. The minimum absolute atomic E-state index is 0.271. The van der Waals surface area contributed by atoms with Gasteiger partial charge in [-0.15, -0.1) is 0 Å². The number of nitrogens with zero attached hydrogens (tertiary/aromatic N) is 1. The molecule has 1 aliphatic rings. The quantitative estimate of drug-likeness (QED) is 0.703. The Balaban J connectivity index is 2.21. The Kier molecular flexibility index (Phi) is 2.32. The lowest BCUT2D eigenvalue weighted by Gasteiger charge is -2.04. The van der Waals surface area contributed by atoms with Crippen LogP contribution in [-0.2, 0) is 0 Å². The van der Waals surface area contributed by atoms with E-state index in [0.717, 1.165) is 11.4 Å². The highest BCUT2D eigenvalue weighted by atomic mass is 16.3. The molecular weight excluding hydrogens is 176 g/mol. The van der Waals surface area contributed by atoms with Crippen LogP contribution in [0.2, 0.25) is 0 Å². The lowest BCUT2D eigenvalue weighted by atomic mass is 10.2. The average molecular weight is 186 g/mol. The Hall–Kier alpha value is -2.03. The number of phenolic OH excluding ortho intramolecular Hbond substituents is 1. The zero-order chi connectivity index (χ0) is 9.80. The number of phenols is 1. The summed E-state index contributed by atoms with van der Waals surface area (Å²) in [6.07, 6.45) is 7.27. The Morgan fingerprint density at radius 1 is 1.21 bits per heavy atom. The van der Waals surface area contributed by atoms with Gasteiger partial charge in [0.05, 0.1) is 0 Å². The van der Waals surface area contributed by atoms with Crippen molar-refractivity contribution in [3.8, 4) is 5.75 Å². The Morgan fingerprint density at radius 2 is 2.00 bits per heavy atom. The van der Waals surface area contributed by atoms with Gasteiger partial charge in [-0.25, -0.2) is 4.99 Å². The summed E-state index contributed by atoms with van der Waals surface area (Å²) in [4.78, 5) is 4.12. The van der Waals surface area contributed by atoms with Crippen molar-refractivity contribution in [1.82, 2.24) is 5.32 Å². The third kappa shape index (κ3) is 2.01. The van der Waals surface area contributed by atoms with E-state index in [4.69, 9.17) is 5.11 Å². The molecule has 3 heteroatoms. The van der Waals surface area contributed by atoms with Crippen molar-refractivity contribution in [2.75, 3.05) is 0 Å². The van der Waals surface area contributed by atoms with Gasteiger partial charge >= 0.3 is 0 Å². The van der Waals surface area contributed by atoms with Gasteiger partial charge in [0.2, 0.25) is 0 Å². The maximum absolute atomic E-state index is 9.09. The number of hydrogen-bond acceptors (Lipinski definition) is 3. The van der Waals surface area contributed by atoms with Gasteiger partial charge in [-0.1, -0.05) is 12.1 Å². The second kappa shape index (κ2) is 3.79. The molecule has 0 aliphatic carbocycles. The summed E-state index contributed by atoms with van der Waals surface area (Å²) in [7, 11) is 0. The molecule has 3 nitrogen and oxygen atoms in total. The van der Waals surface area contributed by atoms with Crippen molar-refractivity contribution >= 4 is 12.3 Å². The van der Waals surface area contributed by atoms with E-state index in [1.807, 2.05) is 30.5 Å². The normalized spacial score (nSPS) is 17.0. The van der Waals surface area contributed by atoms with Crippen molar-refractivity contribution in [3.05, 3.63) is 47.9 Å². The van der Waals surface area contributed by atoms with Crippen molar-refractivity contribution in [3.63, 3.8) is 0 Å². The SMILES string of the molecule is Oc1ccc(C=C2N=CC=CN2)cc1. The van der Waals surface area contributed by atoms with E-state index in [9.17, 15) is 0 Å². The van der Waals surface area contributed by atoms with Crippen LogP contribution in [0.4, 0.5) is 0 Å². The number of aromatic hydroxyl groups is 1. The second-order valence-electron chi connectivity index (χ2n) is 2.90. The van der Waals surface area contributed by atoms with Crippen LogP contribution in [0.15, 0.2) is 47.4 Å². The number of benzene rings is 1. The average Bonchev–Trinajstić information content (AvgIpc) is 2.23. The van der Waals surface area contributed by atoms with Crippen molar-refractivity contribution in [1.29, 1.82) is 0 Å². The molecule has 2 N–H and O–H groups in total. The first-order chi connectivity index (χ1) is 6.84. The first kappa shape index (κ1) is 8.56. The summed E-state index contributed by atoms with van der Waals surface area (Å²) in [6.45, 7) is 0. The van der Waals surface area contributed by atoms with E-state index in [-0.39, 0.29) is 5.75 Å². The van der Waals surface area contributed by atoms with Crippen LogP contribution in [-0.4, -0.2) is 11.3 Å². The molecule has 0 amide bonds. The molecule has 0 fully saturated rings. The van der Waals surface area contributed by atoms with E-state index in [2.05, 4.69) is 10.3 Å². The molecule has 0 unspecified atom stereocenters. The molecule has 2 rings (SSSR count). The maximum Gasteiger partial charge on any atom is 0.130 e. The summed E-state index contributed by atoms with van der Waals surface area (Å²) in [6, 6.07) is 6.96. The predicted octanol–water partition coefficient (Wildman–Crippen LogP) is 1.88. The summed E-state index contributed by atoms with van der Waals surface area (Å²) in [5, 5.41) is 12.1. The fourth-order valence-corrected chi connectivity index (χ4v) is 1.14. The highest BCUT2D eigenvalue weighted by Crippen LogP contribution is 2.12. The number of rotatable bonds is 1. The maximum atomic E-state index is 9.09. The summed E-state index contributed by atoms with van der Waals surface area (Å²) in [5.41, 5.74) is 0.998. The van der Waals surface area contributed by atoms with E-state index < -0.39 is 0 Å². The smallest absolute Gasteiger partial charge is 0.130 e. The van der Waals surface area contributed by atoms with Crippen LogP contribution in [0.3, 0.4) is 0 Å². The zero-order valence-corrected chi connectivity index (χ0v) is 7.51. The van der Waals surface area contributed by atoms with Gasteiger partial charge in [-0.05, 0) is 29.8 Å². The zero-order valence-electron chi connectivity index (χ0n) is 7.51. The van der Waals surface area contributed by atoms with E-state index in [1.165, 1.54) is 0 Å². The predicted molar refractivity (Wildman–Crippen MR) is 56.9 cm³/mol. The van der Waals surface area contributed by atoms with Crippen LogP contribution in [0.1, 0.15) is 5.56 Å². The van der Waals surface area contributed by atoms with Crippen LogP contribution < -0.4 is 5.32 Å². The van der Waals surface area contributed by atoms with Crippen LogP contribution >= 0.6 is 0 Å². The van der Waals surface area contributed by atoms with Crippen molar-refractivity contribution in [2.24, 2.45) is 4.99 Å². The van der Waals surface area contributed by atoms with Crippen LogP contribution in [0.25, 0.3) is 6.08 Å². The van der Waals surface area contributed by atoms with Gasteiger partial charge in [0.25, 0.3) is 0 Å². The van der Waals surface area contributed by atoms with Crippen LogP contribution in [0.5, 0.6) is 5.75 Å². The lowest BCUT2D eigenvalue weighted by Crippen LogP contribution is -2.05. The van der Waals surface area contributed by atoms with E-state index in [0.29, 0.717) is 0 Å². The van der Waals surface area contributed by atoms with Crippen molar-refractivity contribution < 1.29 is 5.11 Å². The molecule has 1 aliphatic heterocycles. The first-order valence-electron chi connectivity index (χ1n) is 4.31. The van der Waals surface area contributed by atoms with Crippen molar-refractivity contribution in [2.45, 2.75) is 0 Å². The minimum Gasteiger partial charge on any atom is -0.508 e. The van der Waals surface area contributed by atoms with Gasteiger partial charge in [0.15, 0.2) is 0 Å². The molecule has 1 aromatic rings. The Morgan fingerprint density at radius 3 is 2.64 bits per heavy atom. The molecule has 1 heterocycles. The number of allylic oxidation sites excluding steroid dienone is 1. The Labute approximate surface area is 82.1 Å².